The molecule has 0 saturated carbocycles. The summed E-state index contributed by atoms with van der Waals surface area (Å²) in [6.07, 6.45) is 1.10. The first kappa shape index (κ1) is 29.4. The maximum atomic E-state index is 13.9. The monoisotopic (exact) mass is 579 g/mol. The van der Waals surface area contributed by atoms with Crippen molar-refractivity contribution in [1.82, 2.24) is 10.2 Å². The number of carbonyl (C=O) groups excluding carboxylic acids is 2. The van der Waals surface area contributed by atoms with E-state index < -0.39 is 40.2 Å². The molecule has 0 aromatic heterocycles. The molecule has 0 fully saturated rings. The third-order valence-corrected chi connectivity index (χ3v) is 7.48. The highest BCUT2D eigenvalue weighted by molar-refractivity contribution is 7.92. The number of anilines is 1. The summed E-state index contributed by atoms with van der Waals surface area (Å²) in [5.41, 5.74) is 1.31. The van der Waals surface area contributed by atoms with Crippen LogP contribution >= 0.6 is 23.2 Å². The van der Waals surface area contributed by atoms with Gasteiger partial charge >= 0.3 is 0 Å². The predicted octanol–water partition coefficient (Wildman–Crippen LogP) is 4.67. The molecule has 3 aromatic rings. The molecule has 0 heterocycles. The van der Waals surface area contributed by atoms with E-state index in [2.05, 4.69) is 5.32 Å². The first-order chi connectivity index (χ1) is 18.0. The van der Waals surface area contributed by atoms with Crippen molar-refractivity contribution in [2.75, 3.05) is 23.7 Å². The van der Waals surface area contributed by atoms with E-state index in [1.807, 2.05) is 30.3 Å². The first-order valence-corrected chi connectivity index (χ1v) is 14.4. The van der Waals surface area contributed by atoms with E-state index in [0.717, 1.165) is 22.2 Å². The highest BCUT2D eigenvalue weighted by atomic mass is 35.5. The molecule has 1 N–H and O–H groups in total. The van der Waals surface area contributed by atoms with Crippen LogP contribution in [-0.4, -0.2) is 50.5 Å². The Labute approximate surface area is 232 Å². The highest BCUT2D eigenvalue weighted by Crippen LogP contribution is 2.25. The number of sulfonamides is 1. The second-order valence-electron chi connectivity index (χ2n) is 8.61. The van der Waals surface area contributed by atoms with Crippen LogP contribution < -0.4 is 9.62 Å². The molecule has 1 unspecified atom stereocenters. The number of likely N-dealkylation sites (N-methyl/N-ethyl adjacent to an activating group) is 1. The molecule has 0 spiro atoms. The van der Waals surface area contributed by atoms with Crippen LogP contribution in [0.2, 0.25) is 10.0 Å². The molecule has 202 valence electrons. The number of rotatable bonds is 11. The molecule has 11 heteroatoms. The molecule has 3 aromatic carbocycles. The fourth-order valence-electron chi connectivity index (χ4n) is 3.92. The maximum absolute atomic E-state index is 13.9. The average Bonchev–Trinajstić information content (AvgIpc) is 2.85. The lowest BCUT2D eigenvalue weighted by Crippen LogP contribution is -2.53. The molecule has 0 radical (unpaired) electrons. The van der Waals surface area contributed by atoms with Gasteiger partial charge in [0.15, 0.2) is 0 Å². The number of nitrogens with one attached hydrogen (secondary N) is 1. The lowest BCUT2D eigenvalue weighted by atomic mass is 10.0. The molecule has 0 saturated heterocycles. The summed E-state index contributed by atoms with van der Waals surface area (Å²) in [7, 11) is -3.99. The quantitative estimate of drug-likeness (QED) is 0.357. The van der Waals surface area contributed by atoms with E-state index in [-0.39, 0.29) is 23.7 Å². The minimum Gasteiger partial charge on any atom is -0.355 e. The van der Waals surface area contributed by atoms with Crippen molar-refractivity contribution in [2.45, 2.75) is 25.9 Å². The van der Waals surface area contributed by atoms with E-state index >= 15 is 0 Å². The molecule has 38 heavy (non-hydrogen) atoms. The summed E-state index contributed by atoms with van der Waals surface area (Å²) < 4.78 is 40.1. The van der Waals surface area contributed by atoms with Gasteiger partial charge in [-0.25, -0.2) is 12.8 Å². The van der Waals surface area contributed by atoms with Gasteiger partial charge in [-0.2, -0.15) is 0 Å². The summed E-state index contributed by atoms with van der Waals surface area (Å²) in [5.74, 6) is -1.73. The van der Waals surface area contributed by atoms with Gasteiger partial charge in [-0.3, -0.25) is 13.9 Å². The summed E-state index contributed by atoms with van der Waals surface area (Å²) in [5, 5.41) is 3.45. The third kappa shape index (κ3) is 7.93. The van der Waals surface area contributed by atoms with Gasteiger partial charge in [0.05, 0.1) is 11.9 Å². The van der Waals surface area contributed by atoms with Crippen LogP contribution in [0.1, 0.15) is 18.1 Å². The van der Waals surface area contributed by atoms with Crippen LogP contribution in [0.5, 0.6) is 0 Å². The number of hydrogen-bond acceptors (Lipinski definition) is 4. The Morgan fingerprint density at radius 2 is 1.71 bits per heavy atom. The van der Waals surface area contributed by atoms with Gasteiger partial charge in [0.1, 0.15) is 18.4 Å². The zero-order valence-corrected chi connectivity index (χ0v) is 23.2. The number of carbonyl (C=O) groups is 2. The Balaban J connectivity index is 2.07. The fraction of sp³-hybridized carbons (Fsp3) is 0.259. The Bertz CT molecular complexity index is 1390. The van der Waals surface area contributed by atoms with Crippen molar-refractivity contribution in [3.63, 3.8) is 0 Å². The van der Waals surface area contributed by atoms with Gasteiger partial charge in [-0.05, 0) is 48.4 Å². The van der Waals surface area contributed by atoms with Gasteiger partial charge in [0.25, 0.3) is 0 Å². The molecular formula is C27H28Cl2FN3O4S. The number of hydrogen-bond donors (Lipinski definition) is 1. The van der Waals surface area contributed by atoms with E-state index in [1.165, 1.54) is 29.2 Å². The average molecular weight is 581 g/mol. The van der Waals surface area contributed by atoms with Crippen LogP contribution in [0.25, 0.3) is 0 Å². The zero-order valence-electron chi connectivity index (χ0n) is 20.9. The molecule has 0 bridgehead atoms. The minimum atomic E-state index is -3.99. The Morgan fingerprint density at radius 3 is 2.32 bits per heavy atom. The van der Waals surface area contributed by atoms with E-state index in [9.17, 15) is 22.4 Å². The lowest BCUT2D eigenvalue weighted by Gasteiger charge is -2.33. The molecule has 1 atom stereocenters. The molecule has 7 nitrogen and oxygen atoms in total. The number of amides is 2. The number of halogens is 3. The van der Waals surface area contributed by atoms with Gasteiger partial charge in [-0.1, -0.05) is 65.7 Å². The first-order valence-electron chi connectivity index (χ1n) is 11.8. The standard InChI is InChI=1S/C27H28Cl2FN3O4S/c1-3-31-27(35)25(14-19-8-5-4-6-9-19)32(17-20-12-13-21(28)15-24(20)29)26(34)18-33(38(2,36)37)23-11-7-10-22(30)16-23/h4-13,15-16,25H,3,14,17-18H2,1-2H3,(H,31,35). The molecule has 2 amide bonds. The van der Waals surface area contributed by atoms with E-state index in [1.54, 1.807) is 19.1 Å². The predicted molar refractivity (Wildman–Crippen MR) is 148 cm³/mol. The van der Waals surface area contributed by atoms with Gasteiger partial charge < -0.3 is 10.2 Å². The van der Waals surface area contributed by atoms with Gasteiger partial charge in [0.2, 0.25) is 21.8 Å². The molecular weight excluding hydrogens is 552 g/mol. The van der Waals surface area contributed by atoms with Crippen LogP contribution in [-0.2, 0) is 32.6 Å². The van der Waals surface area contributed by atoms with E-state index in [0.29, 0.717) is 17.1 Å². The Kier molecular flexibility index (Phi) is 10.1. The largest absolute Gasteiger partial charge is 0.355 e. The smallest absolute Gasteiger partial charge is 0.244 e. The maximum Gasteiger partial charge on any atom is 0.244 e. The Morgan fingerprint density at radius 1 is 1.00 bits per heavy atom. The topological polar surface area (TPSA) is 86.8 Å². The summed E-state index contributed by atoms with van der Waals surface area (Å²) in [4.78, 5) is 28.4. The van der Waals surface area contributed by atoms with Gasteiger partial charge in [-0.15, -0.1) is 0 Å². The van der Waals surface area contributed by atoms with E-state index in [4.69, 9.17) is 23.2 Å². The van der Waals surface area contributed by atoms with Crippen molar-refractivity contribution < 1.29 is 22.4 Å². The van der Waals surface area contributed by atoms with Crippen molar-refractivity contribution in [3.05, 3.63) is 99.8 Å². The van der Waals surface area contributed by atoms with Crippen LogP contribution in [0, 0.1) is 5.82 Å². The number of nitrogens with zero attached hydrogens (tertiary/aromatic N) is 2. The minimum absolute atomic E-state index is 0.0112. The Hall–Kier alpha value is -3.14. The summed E-state index contributed by atoms with van der Waals surface area (Å²) in [6.45, 7) is 1.34. The van der Waals surface area contributed by atoms with Crippen molar-refractivity contribution in [1.29, 1.82) is 0 Å². The SMILES string of the molecule is CCNC(=O)C(Cc1ccccc1)N(Cc1ccc(Cl)cc1Cl)C(=O)CN(c1cccc(F)c1)S(C)(=O)=O. The highest BCUT2D eigenvalue weighted by Gasteiger charge is 2.33. The molecule has 0 aliphatic carbocycles. The molecule has 0 aliphatic rings. The van der Waals surface area contributed by atoms with Crippen LogP contribution in [0.4, 0.5) is 10.1 Å². The number of benzene rings is 3. The van der Waals surface area contributed by atoms with Crippen molar-refractivity contribution in [3.8, 4) is 0 Å². The van der Waals surface area contributed by atoms with Crippen molar-refractivity contribution in [2.24, 2.45) is 0 Å². The fourth-order valence-corrected chi connectivity index (χ4v) is 5.23. The molecule has 3 rings (SSSR count). The second-order valence-corrected chi connectivity index (χ2v) is 11.4. The summed E-state index contributed by atoms with van der Waals surface area (Å²) >= 11 is 12.4. The lowest BCUT2D eigenvalue weighted by molar-refractivity contribution is -0.140. The summed E-state index contributed by atoms with van der Waals surface area (Å²) in [6, 6.07) is 17.9. The van der Waals surface area contributed by atoms with Crippen molar-refractivity contribution >= 4 is 50.7 Å². The van der Waals surface area contributed by atoms with Crippen LogP contribution in [0.3, 0.4) is 0 Å². The zero-order chi connectivity index (χ0) is 27.9. The normalized spacial score (nSPS) is 12.0. The third-order valence-electron chi connectivity index (χ3n) is 5.75. The van der Waals surface area contributed by atoms with Crippen LogP contribution in [0.15, 0.2) is 72.8 Å². The second kappa shape index (κ2) is 13.1. The molecule has 0 aliphatic heterocycles. The van der Waals surface area contributed by atoms with Gasteiger partial charge in [0, 0.05) is 29.6 Å².